The molecule has 1 aromatic heterocycles. The topological polar surface area (TPSA) is 19.4 Å². The zero-order valence-electron chi connectivity index (χ0n) is 11.3. The lowest BCUT2D eigenvalue weighted by Gasteiger charge is -2.27. The summed E-state index contributed by atoms with van der Waals surface area (Å²) in [5.41, 5.74) is 3.70. The summed E-state index contributed by atoms with van der Waals surface area (Å²) < 4.78 is 0. The first kappa shape index (κ1) is 11.6. The molecule has 0 aromatic carbocycles. The zero-order chi connectivity index (χ0) is 12.5. The lowest BCUT2D eigenvalue weighted by atomic mass is 10.2. The maximum absolute atomic E-state index is 4.41. The Labute approximate surface area is 109 Å². The van der Waals surface area contributed by atoms with Crippen molar-refractivity contribution in [3.8, 4) is 0 Å². The van der Waals surface area contributed by atoms with Crippen molar-refractivity contribution < 1.29 is 0 Å². The summed E-state index contributed by atoms with van der Waals surface area (Å²) in [5, 5.41) is 0. The SMILES string of the molecule is Cc1ccnc(C)c1N1C=CN(C2CCCC2)C1. The minimum absolute atomic E-state index is 0.753. The summed E-state index contributed by atoms with van der Waals surface area (Å²) in [6.07, 6.45) is 11.8. The Kier molecular flexibility index (Phi) is 2.98. The molecule has 0 bridgehead atoms. The molecule has 1 aliphatic heterocycles. The van der Waals surface area contributed by atoms with E-state index in [-0.39, 0.29) is 0 Å². The zero-order valence-corrected chi connectivity index (χ0v) is 11.3. The summed E-state index contributed by atoms with van der Waals surface area (Å²) in [6.45, 7) is 5.24. The number of aromatic nitrogens is 1. The lowest BCUT2D eigenvalue weighted by Crippen LogP contribution is -2.32. The van der Waals surface area contributed by atoms with Crippen LogP contribution >= 0.6 is 0 Å². The molecule has 1 fully saturated rings. The molecule has 3 nitrogen and oxygen atoms in total. The van der Waals surface area contributed by atoms with E-state index in [0.717, 1.165) is 18.4 Å². The Hall–Kier alpha value is -1.51. The molecule has 0 unspecified atom stereocenters. The summed E-state index contributed by atoms with van der Waals surface area (Å²) in [6, 6.07) is 2.84. The molecule has 0 saturated heterocycles. The first-order valence-corrected chi connectivity index (χ1v) is 6.88. The van der Waals surface area contributed by atoms with Crippen LogP contribution in [0.4, 0.5) is 5.69 Å². The molecule has 3 heteroatoms. The van der Waals surface area contributed by atoms with Gasteiger partial charge < -0.3 is 9.80 Å². The Morgan fingerprint density at radius 2 is 1.94 bits per heavy atom. The van der Waals surface area contributed by atoms with Gasteiger partial charge in [-0.25, -0.2) is 0 Å². The maximum Gasteiger partial charge on any atom is 0.0945 e. The van der Waals surface area contributed by atoms with Crippen molar-refractivity contribution in [1.29, 1.82) is 0 Å². The van der Waals surface area contributed by atoms with Gasteiger partial charge in [0.2, 0.25) is 0 Å². The first-order valence-electron chi connectivity index (χ1n) is 6.88. The van der Waals surface area contributed by atoms with Crippen molar-refractivity contribution in [2.45, 2.75) is 45.6 Å². The number of hydrogen-bond donors (Lipinski definition) is 0. The lowest BCUT2D eigenvalue weighted by molar-refractivity contribution is 0.301. The van der Waals surface area contributed by atoms with Crippen molar-refractivity contribution in [3.05, 3.63) is 35.9 Å². The summed E-state index contributed by atoms with van der Waals surface area (Å²) >= 11 is 0. The smallest absolute Gasteiger partial charge is 0.0945 e. The van der Waals surface area contributed by atoms with E-state index in [1.807, 2.05) is 6.20 Å². The van der Waals surface area contributed by atoms with Crippen LogP contribution in [0, 0.1) is 13.8 Å². The van der Waals surface area contributed by atoms with Gasteiger partial charge >= 0.3 is 0 Å². The average molecular weight is 243 g/mol. The van der Waals surface area contributed by atoms with E-state index < -0.39 is 0 Å². The normalized spacial score (nSPS) is 20.1. The number of aryl methyl sites for hydroxylation is 2. The number of nitrogens with zero attached hydrogens (tertiary/aromatic N) is 3. The van der Waals surface area contributed by atoms with Gasteiger partial charge in [-0.15, -0.1) is 0 Å². The van der Waals surface area contributed by atoms with E-state index in [4.69, 9.17) is 0 Å². The highest BCUT2D eigenvalue weighted by Gasteiger charge is 2.25. The fourth-order valence-electron chi connectivity index (χ4n) is 3.18. The minimum Gasteiger partial charge on any atom is -0.355 e. The fourth-order valence-corrected chi connectivity index (χ4v) is 3.18. The predicted molar refractivity (Wildman–Crippen MR) is 74.3 cm³/mol. The van der Waals surface area contributed by atoms with Crippen LogP contribution in [0.25, 0.3) is 0 Å². The van der Waals surface area contributed by atoms with Crippen molar-refractivity contribution in [1.82, 2.24) is 9.88 Å². The van der Waals surface area contributed by atoms with Crippen LogP contribution < -0.4 is 4.90 Å². The monoisotopic (exact) mass is 243 g/mol. The van der Waals surface area contributed by atoms with Crippen LogP contribution in [-0.4, -0.2) is 22.6 Å². The second-order valence-corrected chi connectivity index (χ2v) is 5.42. The molecule has 3 rings (SSSR count). The Bertz CT molecular complexity index is 441. The maximum atomic E-state index is 4.41. The van der Waals surface area contributed by atoms with Gasteiger partial charge in [-0.2, -0.15) is 0 Å². The molecule has 0 radical (unpaired) electrons. The van der Waals surface area contributed by atoms with Crippen molar-refractivity contribution in [2.75, 3.05) is 11.6 Å². The summed E-state index contributed by atoms with van der Waals surface area (Å²) in [4.78, 5) is 9.23. The molecule has 1 aliphatic carbocycles. The molecule has 96 valence electrons. The van der Waals surface area contributed by atoms with Crippen molar-refractivity contribution >= 4 is 5.69 Å². The Morgan fingerprint density at radius 1 is 1.17 bits per heavy atom. The molecule has 0 N–H and O–H groups in total. The molecular weight excluding hydrogens is 222 g/mol. The standard InChI is InChI=1S/C15H21N3/c1-12-7-8-16-13(2)15(12)18-10-9-17(11-18)14-5-3-4-6-14/h7-10,14H,3-6,11H2,1-2H3. The van der Waals surface area contributed by atoms with Gasteiger partial charge in [0.25, 0.3) is 0 Å². The highest BCUT2D eigenvalue weighted by atomic mass is 15.4. The van der Waals surface area contributed by atoms with E-state index in [9.17, 15) is 0 Å². The third kappa shape index (κ3) is 1.98. The van der Waals surface area contributed by atoms with Gasteiger partial charge in [-0.1, -0.05) is 12.8 Å². The van der Waals surface area contributed by atoms with Crippen LogP contribution in [0.15, 0.2) is 24.7 Å². The van der Waals surface area contributed by atoms with Crippen LogP contribution in [-0.2, 0) is 0 Å². The van der Waals surface area contributed by atoms with Crippen LogP contribution in [0.1, 0.15) is 36.9 Å². The van der Waals surface area contributed by atoms with E-state index in [2.05, 4.69) is 47.1 Å². The van der Waals surface area contributed by atoms with E-state index in [1.165, 1.54) is 36.9 Å². The van der Waals surface area contributed by atoms with Gasteiger partial charge in [-0.05, 0) is 38.3 Å². The van der Waals surface area contributed by atoms with Crippen LogP contribution in [0.3, 0.4) is 0 Å². The van der Waals surface area contributed by atoms with Gasteiger partial charge in [0.05, 0.1) is 18.1 Å². The quantitative estimate of drug-likeness (QED) is 0.795. The summed E-state index contributed by atoms with van der Waals surface area (Å²) in [7, 11) is 0. The molecule has 1 saturated carbocycles. The number of pyridine rings is 1. The molecule has 1 aromatic rings. The van der Waals surface area contributed by atoms with Gasteiger partial charge in [-0.3, -0.25) is 4.98 Å². The van der Waals surface area contributed by atoms with Gasteiger partial charge in [0.1, 0.15) is 0 Å². The molecule has 0 amide bonds. The summed E-state index contributed by atoms with van der Waals surface area (Å²) in [5.74, 6) is 0. The Morgan fingerprint density at radius 3 is 2.67 bits per heavy atom. The number of hydrogen-bond acceptors (Lipinski definition) is 3. The van der Waals surface area contributed by atoms with E-state index >= 15 is 0 Å². The number of anilines is 1. The van der Waals surface area contributed by atoms with Crippen molar-refractivity contribution in [2.24, 2.45) is 0 Å². The van der Waals surface area contributed by atoms with Gasteiger partial charge in [0.15, 0.2) is 0 Å². The van der Waals surface area contributed by atoms with Gasteiger partial charge in [0, 0.05) is 24.6 Å². The first-order chi connectivity index (χ1) is 8.75. The highest BCUT2D eigenvalue weighted by Crippen LogP contribution is 2.30. The second-order valence-electron chi connectivity index (χ2n) is 5.42. The molecule has 18 heavy (non-hydrogen) atoms. The Balaban J connectivity index is 1.78. The molecule has 2 aliphatic rings. The fraction of sp³-hybridized carbons (Fsp3) is 0.533. The van der Waals surface area contributed by atoms with E-state index in [0.29, 0.717) is 0 Å². The third-order valence-electron chi connectivity index (χ3n) is 4.14. The average Bonchev–Trinajstić information content (AvgIpc) is 2.99. The predicted octanol–water partition coefficient (Wildman–Crippen LogP) is 3.19. The van der Waals surface area contributed by atoms with Crippen molar-refractivity contribution in [3.63, 3.8) is 0 Å². The minimum atomic E-state index is 0.753. The highest BCUT2D eigenvalue weighted by molar-refractivity contribution is 5.58. The van der Waals surface area contributed by atoms with Crippen LogP contribution in [0.2, 0.25) is 0 Å². The molecule has 0 atom stereocenters. The molecule has 2 heterocycles. The largest absolute Gasteiger partial charge is 0.355 e. The van der Waals surface area contributed by atoms with E-state index in [1.54, 1.807) is 0 Å². The van der Waals surface area contributed by atoms with Crippen LogP contribution in [0.5, 0.6) is 0 Å². The second kappa shape index (κ2) is 4.63. The third-order valence-corrected chi connectivity index (χ3v) is 4.14. The number of rotatable bonds is 2. The molecular formula is C15H21N3. The molecule has 0 spiro atoms.